The summed E-state index contributed by atoms with van der Waals surface area (Å²) in [4.78, 5) is 4.52. The first kappa shape index (κ1) is 9.65. The Morgan fingerprint density at radius 3 is 3.00 bits per heavy atom. The Morgan fingerprint density at radius 2 is 2.43 bits per heavy atom. The summed E-state index contributed by atoms with van der Waals surface area (Å²) in [5.74, 6) is 2.84. The molecule has 1 aromatic heterocycles. The van der Waals surface area contributed by atoms with Crippen molar-refractivity contribution in [3.05, 3.63) is 11.6 Å². The van der Waals surface area contributed by atoms with Crippen molar-refractivity contribution in [1.29, 1.82) is 0 Å². The minimum Gasteiger partial charge on any atom is -0.316 e. The number of rotatable bonds is 3. The lowest BCUT2D eigenvalue weighted by Gasteiger charge is -2.02. The van der Waals surface area contributed by atoms with Crippen molar-refractivity contribution >= 4 is 0 Å². The van der Waals surface area contributed by atoms with Crippen LogP contribution < -0.4 is 5.32 Å². The molecule has 1 aromatic rings. The average molecular weight is 194 g/mol. The van der Waals surface area contributed by atoms with Crippen LogP contribution in [0.2, 0.25) is 0 Å². The Morgan fingerprint density at radius 1 is 1.57 bits per heavy atom. The summed E-state index contributed by atoms with van der Waals surface area (Å²) in [7, 11) is 1.97. The lowest BCUT2D eigenvalue weighted by molar-refractivity contribution is 0.558. The summed E-state index contributed by atoms with van der Waals surface area (Å²) in [5.41, 5.74) is 0. The molecule has 1 unspecified atom stereocenters. The molecule has 1 saturated heterocycles. The standard InChI is InChI=1S/C10H18N4/c1-3-10-12-9(13-14(10)2)6-8-4-5-11-7-8/h8,11H,3-7H2,1-2H3. The summed E-state index contributed by atoms with van der Waals surface area (Å²) < 4.78 is 1.90. The zero-order valence-electron chi connectivity index (χ0n) is 8.95. The molecule has 4 heteroatoms. The average Bonchev–Trinajstić information content (AvgIpc) is 2.76. The molecule has 1 aliphatic heterocycles. The van der Waals surface area contributed by atoms with E-state index in [1.165, 1.54) is 6.42 Å². The van der Waals surface area contributed by atoms with E-state index >= 15 is 0 Å². The lowest BCUT2D eigenvalue weighted by atomic mass is 10.1. The van der Waals surface area contributed by atoms with Gasteiger partial charge in [-0.25, -0.2) is 4.98 Å². The molecule has 2 rings (SSSR count). The zero-order valence-corrected chi connectivity index (χ0v) is 8.95. The summed E-state index contributed by atoms with van der Waals surface area (Å²) >= 11 is 0. The summed E-state index contributed by atoms with van der Waals surface area (Å²) in [6, 6.07) is 0. The van der Waals surface area contributed by atoms with Crippen LogP contribution in [0.1, 0.15) is 25.0 Å². The highest BCUT2D eigenvalue weighted by Gasteiger charge is 2.17. The van der Waals surface area contributed by atoms with Crippen molar-refractivity contribution < 1.29 is 0 Å². The van der Waals surface area contributed by atoms with Gasteiger partial charge in [0, 0.05) is 19.9 Å². The van der Waals surface area contributed by atoms with E-state index in [4.69, 9.17) is 0 Å². The van der Waals surface area contributed by atoms with E-state index in [0.29, 0.717) is 0 Å². The quantitative estimate of drug-likeness (QED) is 0.763. The molecule has 1 atom stereocenters. The van der Waals surface area contributed by atoms with Crippen LogP contribution in [-0.2, 0) is 19.9 Å². The largest absolute Gasteiger partial charge is 0.316 e. The molecule has 14 heavy (non-hydrogen) atoms. The van der Waals surface area contributed by atoms with Crippen LogP contribution in [-0.4, -0.2) is 27.9 Å². The highest BCUT2D eigenvalue weighted by Crippen LogP contribution is 2.12. The molecule has 1 fully saturated rings. The number of nitrogens with one attached hydrogen (secondary N) is 1. The van der Waals surface area contributed by atoms with Gasteiger partial charge in [-0.2, -0.15) is 5.10 Å². The van der Waals surface area contributed by atoms with Crippen molar-refractivity contribution in [2.75, 3.05) is 13.1 Å². The van der Waals surface area contributed by atoms with Gasteiger partial charge in [0.1, 0.15) is 5.82 Å². The molecular formula is C10H18N4. The zero-order chi connectivity index (χ0) is 9.97. The molecule has 0 bridgehead atoms. The molecule has 0 saturated carbocycles. The van der Waals surface area contributed by atoms with Crippen LogP contribution in [0.5, 0.6) is 0 Å². The van der Waals surface area contributed by atoms with E-state index in [2.05, 4.69) is 22.3 Å². The van der Waals surface area contributed by atoms with Crippen LogP contribution in [0.4, 0.5) is 0 Å². The molecule has 0 radical (unpaired) electrons. The van der Waals surface area contributed by atoms with Crippen LogP contribution in [0.25, 0.3) is 0 Å². The molecule has 1 aliphatic rings. The minimum absolute atomic E-state index is 0.738. The van der Waals surface area contributed by atoms with Gasteiger partial charge in [-0.3, -0.25) is 4.68 Å². The Balaban J connectivity index is 2.01. The number of hydrogen-bond acceptors (Lipinski definition) is 3. The molecule has 0 amide bonds. The van der Waals surface area contributed by atoms with Crippen molar-refractivity contribution in [2.24, 2.45) is 13.0 Å². The first-order chi connectivity index (χ1) is 6.79. The van der Waals surface area contributed by atoms with Crippen molar-refractivity contribution in [1.82, 2.24) is 20.1 Å². The molecule has 0 spiro atoms. The van der Waals surface area contributed by atoms with Crippen LogP contribution >= 0.6 is 0 Å². The van der Waals surface area contributed by atoms with Crippen molar-refractivity contribution in [2.45, 2.75) is 26.2 Å². The van der Waals surface area contributed by atoms with E-state index in [1.54, 1.807) is 0 Å². The van der Waals surface area contributed by atoms with E-state index < -0.39 is 0 Å². The Kier molecular flexibility index (Phi) is 2.82. The van der Waals surface area contributed by atoms with Crippen LogP contribution in [0, 0.1) is 5.92 Å². The van der Waals surface area contributed by atoms with Gasteiger partial charge in [0.05, 0.1) is 0 Å². The highest BCUT2D eigenvalue weighted by molar-refractivity contribution is 4.94. The van der Waals surface area contributed by atoms with Crippen molar-refractivity contribution in [3.8, 4) is 0 Å². The topological polar surface area (TPSA) is 42.7 Å². The second-order valence-electron chi connectivity index (χ2n) is 3.98. The van der Waals surface area contributed by atoms with E-state index in [0.717, 1.165) is 43.5 Å². The Labute approximate surface area is 84.7 Å². The summed E-state index contributed by atoms with van der Waals surface area (Å²) in [5, 5.41) is 7.79. The maximum absolute atomic E-state index is 4.52. The SMILES string of the molecule is CCc1nc(CC2CCNC2)nn1C. The monoisotopic (exact) mass is 194 g/mol. The van der Waals surface area contributed by atoms with Gasteiger partial charge in [0.2, 0.25) is 0 Å². The maximum Gasteiger partial charge on any atom is 0.151 e. The summed E-state index contributed by atoms with van der Waals surface area (Å²) in [6.45, 7) is 4.39. The smallest absolute Gasteiger partial charge is 0.151 e. The summed E-state index contributed by atoms with van der Waals surface area (Å²) in [6.07, 6.45) is 3.26. The van der Waals surface area contributed by atoms with Crippen LogP contribution in [0.15, 0.2) is 0 Å². The Bertz CT molecular complexity index is 299. The molecule has 1 N–H and O–H groups in total. The predicted molar refractivity (Wildman–Crippen MR) is 55.1 cm³/mol. The first-order valence-corrected chi connectivity index (χ1v) is 5.39. The van der Waals surface area contributed by atoms with Gasteiger partial charge in [-0.15, -0.1) is 0 Å². The van der Waals surface area contributed by atoms with E-state index in [-0.39, 0.29) is 0 Å². The predicted octanol–water partition coefficient (Wildman–Crippen LogP) is 0.529. The highest BCUT2D eigenvalue weighted by atomic mass is 15.3. The number of hydrogen-bond donors (Lipinski definition) is 1. The third-order valence-electron chi connectivity index (χ3n) is 2.85. The second-order valence-corrected chi connectivity index (χ2v) is 3.98. The first-order valence-electron chi connectivity index (χ1n) is 5.39. The second kappa shape index (κ2) is 4.09. The molecule has 0 aromatic carbocycles. The fraction of sp³-hybridized carbons (Fsp3) is 0.800. The van der Waals surface area contributed by atoms with Gasteiger partial charge in [0.15, 0.2) is 5.82 Å². The molecule has 78 valence electrons. The van der Waals surface area contributed by atoms with Crippen molar-refractivity contribution in [3.63, 3.8) is 0 Å². The lowest BCUT2D eigenvalue weighted by Crippen LogP contribution is -2.11. The molecule has 0 aliphatic carbocycles. The van der Waals surface area contributed by atoms with Gasteiger partial charge >= 0.3 is 0 Å². The van der Waals surface area contributed by atoms with Crippen LogP contribution in [0.3, 0.4) is 0 Å². The molecule has 4 nitrogen and oxygen atoms in total. The fourth-order valence-corrected chi connectivity index (χ4v) is 2.02. The third-order valence-corrected chi connectivity index (χ3v) is 2.85. The number of aryl methyl sites for hydroxylation is 2. The fourth-order valence-electron chi connectivity index (χ4n) is 2.02. The molecule has 2 heterocycles. The molecular weight excluding hydrogens is 176 g/mol. The number of aromatic nitrogens is 3. The normalized spacial score (nSPS) is 21.7. The van der Waals surface area contributed by atoms with Gasteiger partial charge in [0.25, 0.3) is 0 Å². The van der Waals surface area contributed by atoms with Gasteiger partial charge in [-0.1, -0.05) is 6.92 Å². The van der Waals surface area contributed by atoms with Gasteiger partial charge in [-0.05, 0) is 25.4 Å². The van der Waals surface area contributed by atoms with E-state index in [1.807, 2.05) is 11.7 Å². The third kappa shape index (κ3) is 1.95. The Hall–Kier alpha value is -0.900. The minimum atomic E-state index is 0.738. The van der Waals surface area contributed by atoms with Gasteiger partial charge < -0.3 is 5.32 Å². The van der Waals surface area contributed by atoms with E-state index in [9.17, 15) is 0 Å². The maximum atomic E-state index is 4.52. The number of nitrogens with zero attached hydrogens (tertiary/aromatic N) is 3.